The number of nitrogens with one attached hydrogen (secondary N) is 1. The molecule has 5 heteroatoms. The van der Waals surface area contributed by atoms with Gasteiger partial charge in [0.05, 0.1) is 0 Å². The zero-order valence-corrected chi connectivity index (χ0v) is 11.9. The number of fused-ring (bicyclic) bond motifs is 1. The average Bonchev–Trinajstić information content (AvgIpc) is 2.72. The molecule has 1 aliphatic carbocycles. The van der Waals surface area contributed by atoms with Crippen LogP contribution >= 0.6 is 0 Å². The van der Waals surface area contributed by atoms with Gasteiger partial charge in [0, 0.05) is 17.7 Å². The van der Waals surface area contributed by atoms with Crippen molar-refractivity contribution in [2.24, 2.45) is 0 Å². The first-order valence-electron chi connectivity index (χ1n) is 7.20. The lowest BCUT2D eigenvalue weighted by Crippen LogP contribution is -2.14. The first-order chi connectivity index (χ1) is 10.1. The van der Waals surface area contributed by atoms with Crippen molar-refractivity contribution in [1.29, 1.82) is 0 Å². The van der Waals surface area contributed by atoms with E-state index in [0.717, 1.165) is 43.4 Å². The molecule has 0 unspecified atom stereocenters. The van der Waals surface area contributed by atoms with Gasteiger partial charge < -0.3 is 9.84 Å². The largest absolute Gasteiger partial charge is 0.360 e. The molecule has 1 aromatic heterocycles. The topological polar surface area (TPSA) is 55.1 Å². The standard InChI is InChI=1S/C16H17FN2O2/c1-10-7-8-11(9-13(10)17)18-16(20)15-12-5-3-2-4-6-14(12)21-19-15/h7-9H,2-6H2,1H3,(H,18,20). The Labute approximate surface area is 122 Å². The number of rotatable bonds is 2. The Balaban J connectivity index is 1.82. The fourth-order valence-electron chi connectivity index (χ4n) is 2.60. The molecule has 0 saturated carbocycles. The van der Waals surface area contributed by atoms with Crippen molar-refractivity contribution in [1.82, 2.24) is 5.16 Å². The quantitative estimate of drug-likeness (QED) is 0.858. The lowest BCUT2D eigenvalue weighted by Gasteiger charge is -2.05. The minimum absolute atomic E-state index is 0.327. The smallest absolute Gasteiger partial charge is 0.278 e. The van der Waals surface area contributed by atoms with Crippen molar-refractivity contribution in [3.63, 3.8) is 0 Å². The number of hydrogen-bond acceptors (Lipinski definition) is 3. The zero-order chi connectivity index (χ0) is 14.8. The molecule has 110 valence electrons. The number of halogens is 1. The first-order valence-corrected chi connectivity index (χ1v) is 7.20. The Hall–Kier alpha value is -2.17. The summed E-state index contributed by atoms with van der Waals surface area (Å²) in [6.45, 7) is 1.68. The molecular weight excluding hydrogens is 271 g/mol. The van der Waals surface area contributed by atoms with Crippen molar-refractivity contribution in [2.45, 2.75) is 39.0 Å². The molecule has 0 saturated heterocycles. The molecule has 0 aliphatic heterocycles. The third-order valence-electron chi connectivity index (χ3n) is 3.84. The molecule has 1 aromatic carbocycles. The molecule has 1 aliphatic rings. The molecular formula is C16H17FN2O2. The maximum atomic E-state index is 13.5. The van der Waals surface area contributed by atoms with Crippen molar-refractivity contribution in [3.05, 3.63) is 46.6 Å². The third-order valence-corrected chi connectivity index (χ3v) is 3.84. The summed E-state index contributed by atoms with van der Waals surface area (Å²) in [7, 11) is 0. The predicted molar refractivity (Wildman–Crippen MR) is 76.9 cm³/mol. The second-order valence-electron chi connectivity index (χ2n) is 5.41. The number of carbonyl (C=O) groups excluding carboxylic acids is 1. The third kappa shape index (κ3) is 2.82. The minimum Gasteiger partial charge on any atom is -0.360 e. The number of amides is 1. The number of benzene rings is 1. The van der Waals surface area contributed by atoms with Crippen LogP contribution in [0.1, 0.15) is 46.6 Å². The average molecular weight is 288 g/mol. The van der Waals surface area contributed by atoms with Gasteiger partial charge in [-0.25, -0.2) is 4.39 Å². The van der Waals surface area contributed by atoms with Crippen molar-refractivity contribution in [3.8, 4) is 0 Å². The summed E-state index contributed by atoms with van der Waals surface area (Å²) in [6, 6.07) is 4.62. The Morgan fingerprint density at radius 2 is 2.10 bits per heavy atom. The van der Waals surface area contributed by atoms with Gasteiger partial charge in [-0.05, 0) is 43.9 Å². The minimum atomic E-state index is -0.342. The van der Waals surface area contributed by atoms with Crippen LogP contribution in [0.5, 0.6) is 0 Å². The van der Waals surface area contributed by atoms with E-state index in [0.29, 0.717) is 16.9 Å². The number of aromatic nitrogens is 1. The molecule has 1 amide bonds. The highest BCUT2D eigenvalue weighted by Crippen LogP contribution is 2.24. The van der Waals surface area contributed by atoms with Gasteiger partial charge in [0.2, 0.25) is 0 Å². The molecule has 0 radical (unpaired) electrons. The summed E-state index contributed by atoms with van der Waals surface area (Å²) in [5.74, 6) is 0.129. The van der Waals surface area contributed by atoms with E-state index in [1.165, 1.54) is 6.07 Å². The summed E-state index contributed by atoms with van der Waals surface area (Å²) < 4.78 is 18.8. The van der Waals surface area contributed by atoms with Gasteiger partial charge in [-0.15, -0.1) is 0 Å². The normalized spacial score (nSPS) is 14.4. The molecule has 0 fully saturated rings. The van der Waals surface area contributed by atoms with E-state index in [-0.39, 0.29) is 11.7 Å². The van der Waals surface area contributed by atoms with E-state index < -0.39 is 0 Å². The van der Waals surface area contributed by atoms with Gasteiger partial charge in [0.1, 0.15) is 11.6 Å². The summed E-state index contributed by atoms with van der Waals surface area (Å²) in [5.41, 5.74) is 2.20. The van der Waals surface area contributed by atoms with Crippen molar-refractivity contribution >= 4 is 11.6 Å². The Kier molecular flexibility index (Phi) is 3.73. The molecule has 21 heavy (non-hydrogen) atoms. The molecule has 0 bridgehead atoms. The number of nitrogens with zero attached hydrogens (tertiary/aromatic N) is 1. The molecule has 3 rings (SSSR count). The van der Waals surface area contributed by atoms with Gasteiger partial charge in [-0.2, -0.15) is 0 Å². The monoisotopic (exact) mass is 288 g/mol. The van der Waals surface area contributed by atoms with Crippen LogP contribution in [0.25, 0.3) is 0 Å². The molecule has 4 nitrogen and oxygen atoms in total. The highest BCUT2D eigenvalue weighted by molar-refractivity contribution is 6.03. The van der Waals surface area contributed by atoms with Crippen LogP contribution < -0.4 is 5.32 Å². The van der Waals surface area contributed by atoms with Gasteiger partial charge in [0.25, 0.3) is 5.91 Å². The number of anilines is 1. The van der Waals surface area contributed by atoms with E-state index in [1.807, 2.05) is 0 Å². The van der Waals surface area contributed by atoms with E-state index in [4.69, 9.17) is 4.52 Å². The number of carbonyl (C=O) groups is 1. The fourth-order valence-corrected chi connectivity index (χ4v) is 2.60. The fraction of sp³-hybridized carbons (Fsp3) is 0.375. The first kappa shape index (κ1) is 13.8. The molecule has 1 N–H and O–H groups in total. The predicted octanol–water partition coefficient (Wildman–Crippen LogP) is 3.64. The van der Waals surface area contributed by atoms with Crippen LogP contribution in [0.3, 0.4) is 0 Å². The second-order valence-corrected chi connectivity index (χ2v) is 5.41. The highest BCUT2D eigenvalue weighted by Gasteiger charge is 2.23. The lowest BCUT2D eigenvalue weighted by molar-refractivity contribution is 0.101. The maximum Gasteiger partial charge on any atom is 0.278 e. The second kappa shape index (κ2) is 5.68. The van der Waals surface area contributed by atoms with Crippen molar-refractivity contribution in [2.75, 3.05) is 5.32 Å². The van der Waals surface area contributed by atoms with E-state index >= 15 is 0 Å². The van der Waals surface area contributed by atoms with Crippen LogP contribution in [-0.2, 0) is 12.8 Å². The molecule has 1 heterocycles. The molecule has 0 atom stereocenters. The van der Waals surface area contributed by atoms with Crippen LogP contribution in [0.2, 0.25) is 0 Å². The summed E-state index contributed by atoms with van der Waals surface area (Å²) in [5, 5.41) is 6.58. The van der Waals surface area contributed by atoms with E-state index in [1.54, 1.807) is 19.1 Å². The van der Waals surface area contributed by atoms with Gasteiger partial charge in [0.15, 0.2) is 5.69 Å². The molecule has 0 spiro atoms. The van der Waals surface area contributed by atoms with Gasteiger partial charge in [-0.1, -0.05) is 17.6 Å². The van der Waals surface area contributed by atoms with Crippen LogP contribution in [0.15, 0.2) is 22.7 Å². The SMILES string of the molecule is Cc1ccc(NC(=O)c2noc3c2CCCCC3)cc1F. The zero-order valence-electron chi connectivity index (χ0n) is 11.9. The van der Waals surface area contributed by atoms with Gasteiger partial charge in [-0.3, -0.25) is 4.79 Å². The van der Waals surface area contributed by atoms with Gasteiger partial charge >= 0.3 is 0 Å². The Morgan fingerprint density at radius 3 is 2.90 bits per heavy atom. The Morgan fingerprint density at radius 1 is 1.29 bits per heavy atom. The van der Waals surface area contributed by atoms with Crippen LogP contribution in [-0.4, -0.2) is 11.1 Å². The number of aryl methyl sites for hydroxylation is 2. The summed E-state index contributed by atoms with van der Waals surface area (Å²) in [6.07, 6.45) is 4.87. The molecule has 2 aromatic rings. The van der Waals surface area contributed by atoms with Crippen LogP contribution in [0, 0.1) is 12.7 Å². The van der Waals surface area contributed by atoms with Crippen molar-refractivity contribution < 1.29 is 13.7 Å². The number of hydrogen-bond donors (Lipinski definition) is 1. The van der Waals surface area contributed by atoms with E-state index in [9.17, 15) is 9.18 Å². The maximum absolute atomic E-state index is 13.5. The summed E-state index contributed by atoms with van der Waals surface area (Å²) in [4.78, 5) is 12.3. The Bertz CT molecular complexity index is 679. The van der Waals surface area contributed by atoms with Crippen LogP contribution in [0.4, 0.5) is 10.1 Å². The van der Waals surface area contributed by atoms with E-state index in [2.05, 4.69) is 10.5 Å². The summed E-state index contributed by atoms with van der Waals surface area (Å²) >= 11 is 0. The highest BCUT2D eigenvalue weighted by atomic mass is 19.1. The lowest BCUT2D eigenvalue weighted by atomic mass is 10.1.